The SMILES string of the molecule is CS(=O)(=O)Nc1ccc(C(=O)NCCSCc2c(Cl)cccc2Cl)c(Cl)c1. The fourth-order valence-electron chi connectivity index (χ4n) is 2.15. The Morgan fingerprint density at radius 1 is 1.07 bits per heavy atom. The Kier molecular flexibility index (Phi) is 8.12. The van der Waals surface area contributed by atoms with Crippen LogP contribution in [0.3, 0.4) is 0 Å². The standard InChI is InChI=1S/C17H17Cl3N2O3S2/c1-27(24,25)22-11-5-6-12(16(20)9-11)17(23)21-7-8-26-10-13-14(18)3-2-4-15(13)19/h2-6,9,22H,7-8,10H2,1H3,(H,21,23). The average Bonchev–Trinajstić information content (AvgIpc) is 2.55. The van der Waals surface area contributed by atoms with Crippen molar-refractivity contribution in [1.82, 2.24) is 5.32 Å². The maximum absolute atomic E-state index is 12.2. The van der Waals surface area contributed by atoms with E-state index in [1.165, 1.54) is 18.2 Å². The molecule has 5 nitrogen and oxygen atoms in total. The van der Waals surface area contributed by atoms with Gasteiger partial charge in [-0.15, -0.1) is 0 Å². The van der Waals surface area contributed by atoms with Crippen molar-refractivity contribution >= 4 is 68.2 Å². The molecule has 0 aliphatic carbocycles. The van der Waals surface area contributed by atoms with Crippen LogP contribution in [0.4, 0.5) is 5.69 Å². The second-order valence-corrected chi connectivity index (χ2v) is 9.65. The molecule has 0 saturated carbocycles. The van der Waals surface area contributed by atoms with E-state index in [2.05, 4.69) is 10.0 Å². The molecule has 0 aromatic heterocycles. The molecular formula is C17H17Cl3N2O3S2. The largest absolute Gasteiger partial charge is 0.351 e. The van der Waals surface area contributed by atoms with Crippen LogP contribution in [-0.4, -0.2) is 32.9 Å². The number of benzene rings is 2. The minimum Gasteiger partial charge on any atom is -0.351 e. The van der Waals surface area contributed by atoms with Crippen LogP contribution in [0.25, 0.3) is 0 Å². The average molecular weight is 468 g/mol. The zero-order valence-electron chi connectivity index (χ0n) is 14.3. The molecule has 0 radical (unpaired) electrons. The van der Waals surface area contributed by atoms with Crippen LogP contribution in [0.5, 0.6) is 0 Å². The molecule has 146 valence electrons. The smallest absolute Gasteiger partial charge is 0.252 e. The lowest BCUT2D eigenvalue weighted by Crippen LogP contribution is -2.26. The van der Waals surface area contributed by atoms with Gasteiger partial charge < -0.3 is 5.32 Å². The van der Waals surface area contributed by atoms with Crippen LogP contribution in [0.15, 0.2) is 36.4 Å². The van der Waals surface area contributed by atoms with Crippen LogP contribution >= 0.6 is 46.6 Å². The summed E-state index contributed by atoms with van der Waals surface area (Å²) >= 11 is 19.9. The molecule has 0 heterocycles. The third-order valence-corrected chi connectivity index (χ3v) is 5.97. The Bertz CT molecular complexity index is 917. The highest BCUT2D eigenvalue weighted by Crippen LogP contribution is 2.28. The van der Waals surface area contributed by atoms with Crippen LogP contribution in [0, 0.1) is 0 Å². The first-order valence-electron chi connectivity index (χ1n) is 7.73. The maximum atomic E-state index is 12.2. The van der Waals surface area contributed by atoms with Gasteiger partial charge in [0.05, 0.1) is 16.8 Å². The number of hydrogen-bond acceptors (Lipinski definition) is 4. The molecular weight excluding hydrogens is 451 g/mol. The second-order valence-electron chi connectivity index (χ2n) is 5.58. The molecule has 0 spiro atoms. The lowest BCUT2D eigenvalue weighted by atomic mass is 10.2. The van der Waals surface area contributed by atoms with Crippen LogP contribution in [-0.2, 0) is 15.8 Å². The molecule has 0 aliphatic rings. The van der Waals surface area contributed by atoms with Gasteiger partial charge in [0.1, 0.15) is 0 Å². The fourth-order valence-corrected chi connectivity index (χ4v) is 4.57. The van der Waals surface area contributed by atoms with Gasteiger partial charge in [0.15, 0.2) is 0 Å². The minimum atomic E-state index is -3.41. The number of carbonyl (C=O) groups excluding carboxylic acids is 1. The first kappa shape index (κ1) is 22.2. The molecule has 2 aromatic rings. The number of hydrogen-bond donors (Lipinski definition) is 2. The molecule has 0 fully saturated rings. The van der Waals surface area contributed by atoms with Gasteiger partial charge in [0.2, 0.25) is 10.0 Å². The summed E-state index contributed by atoms with van der Waals surface area (Å²) in [5, 5.41) is 4.18. The topological polar surface area (TPSA) is 75.3 Å². The highest BCUT2D eigenvalue weighted by Gasteiger charge is 2.12. The van der Waals surface area contributed by atoms with Gasteiger partial charge in [-0.3, -0.25) is 9.52 Å². The molecule has 10 heteroatoms. The van der Waals surface area contributed by atoms with E-state index in [0.29, 0.717) is 33.8 Å². The van der Waals surface area contributed by atoms with Crippen LogP contribution in [0.2, 0.25) is 15.1 Å². The van der Waals surface area contributed by atoms with Crippen molar-refractivity contribution in [3.05, 3.63) is 62.6 Å². The Morgan fingerprint density at radius 2 is 1.74 bits per heavy atom. The highest BCUT2D eigenvalue weighted by molar-refractivity contribution is 7.98. The molecule has 27 heavy (non-hydrogen) atoms. The van der Waals surface area contributed by atoms with E-state index in [1.807, 2.05) is 0 Å². The van der Waals surface area contributed by atoms with Crippen molar-refractivity contribution in [2.24, 2.45) is 0 Å². The molecule has 0 saturated heterocycles. The van der Waals surface area contributed by atoms with E-state index in [1.54, 1.807) is 30.0 Å². The van der Waals surface area contributed by atoms with Crippen LogP contribution < -0.4 is 10.0 Å². The summed E-state index contributed by atoms with van der Waals surface area (Å²) in [5.74, 6) is 0.974. The van der Waals surface area contributed by atoms with E-state index in [-0.39, 0.29) is 16.5 Å². The summed E-state index contributed by atoms with van der Waals surface area (Å²) in [6, 6.07) is 9.72. The van der Waals surface area contributed by atoms with Gasteiger partial charge >= 0.3 is 0 Å². The van der Waals surface area contributed by atoms with Gasteiger partial charge in [-0.2, -0.15) is 11.8 Å². The van der Waals surface area contributed by atoms with Crippen LogP contribution in [0.1, 0.15) is 15.9 Å². The molecule has 0 aliphatic heterocycles. The monoisotopic (exact) mass is 466 g/mol. The minimum absolute atomic E-state index is 0.164. The number of anilines is 1. The van der Waals surface area contributed by atoms with Crippen molar-refractivity contribution in [2.45, 2.75) is 5.75 Å². The van der Waals surface area contributed by atoms with Gasteiger partial charge in [-0.25, -0.2) is 8.42 Å². The number of amides is 1. The Balaban J connectivity index is 1.84. The van der Waals surface area contributed by atoms with Crippen molar-refractivity contribution in [1.29, 1.82) is 0 Å². The lowest BCUT2D eigenvalue weighted by Gasteiger charge is -2.10. The Morgan fingerprint density at radius 3 is 2.33 bits per heavy atom. The summed E-state index contributed by atoms with van der Waals surface area (Å²) in [4.78, 5) is 12.2. The first-order valence-corrected chi connectivity index (χ1v) is 11.9. The number of nitrogens with one attached hydrogen (secondary N) is 2. The molecule has 0 bridgehead atoms. The van der Waals surface area contributed by atoms with E-state index in [9.17, 15) is 13.2 Å². The zero-order valence-corrected chi connectivity index (χ0v) is 18.2. The predicted octanol–water partition coefficient (Wildman–Crippen LogP) is 4.68. The Hall–Kier alpha value is -1.12. The maximum Gasteiger partial charge on any atom is 0.252 e. The quantitative estimate of drug-likeness (QED) is 0.553. The predicted molar refractivity (Wildman–Crippen MR) is 115 cm³/mol. The van der Waals surface area contributed by atoms with E-state index in [4.69, 9.17) is 34.8 Å². The van der Waals surface area contributed by atoms with E-state index < -0.39 is 10.0 Å². The summed E-state index contributed by atoms with van der Waals surface area (Å²) in [5.41, 5.74) is 1.44. The number of halogens is 3. The number of sulfonamides is 1. The normalized spacial score (nSPS) is 11.3. The summed E-state index contributed by atoms with van der Waals surface area (Å²) in [6.45, 7) is 0.436. The lowest BCUT2D eigenvalue weighted by molar-refractivity contribution is 0.0956. The highest BCUT2D eigenvalue weighted by atomic mass is 35.5. The van der Waals surface area contributed by atoms with Gasteiger partial charge in [0.25, 0.3) is 5.91 Å². The summed E-state index contributed by atoms with van der Waals surface area (Å²) in [6.07, 6.45) is 1.04. The molecule has 2 aromatic carbocycles. The number of thioether (sulfide) groups is 1. The van der Waals surface area contributed by atoms with E-state index in [0.717, 1.165) is 11.8 Å². The van der Waals surface area contributed by atoms with Gasteiger partial charge in [-0.1, -0.05) is 40.9 Å². The summed E-state index contributed by atoms with van der Waals surface area (Å²) in [7, 11) is -3.41. The van der Waals surface area contributed by atoms with E-state index >= 15 is 0 Å². The van der Waals surface area contributed by atoms with Crippen molar-refractivity contribution in [3.63, 3.8) is 0 Å². The molecule has 0 unspecified atom stereocenters. The molecule has 2 N–H and O–H groups in total. The molecule has 2 rings (SSSR count). The fraction of sp³-hybridized carbons (Fsp3) is 0.235. The van der Waals surface area contributed by atoms with Crippen molar-refractivity contribution < 1.29 is 13.2 Å². The third kappa shape index (κ3) is 7.08. The van der Waals surface area contributed by atoms with Gasteiger partial charge in [-0.05, 0) is 35.9 Å². The summed E-state index contributed by atoms with van der Waals surface area (Å²) < 4.78 is 24.8. The first-order chi connectivity index (χ1) is 12.7. The van der Waals surface area contributed by atoms with Crippen molar-refractivity contribution in [3.8, 4) is 0 Å². The molecule has 1 amide bonds. The van der Waals surface area contributed by atoms with Gasteiger partial charge in [0, 0.05) is 33.8 Å². The Labute approximate surface area is 177 Å². The second kappa shape index (κ2) is 9.89. The third-order valence-electron chi connectivity index (χ3n) is 3.36. The zero-order chi connectivity index (χ0) is 20.0. The number of carbonyl (C=O) groups is 1. The number of rotatable bonds is 8. The van der Waals surface area contributed by atoms with Crippen molar-refractivity contribution in [2.75, 3.05) is 23.3 Å². The molecule has 0 atom stereocenters.